The second kappa shape index (κ2) is 19.0. The number of carbonyl (C=O) groups excluding carboxylic acids is 3. The highest BCUT2D eigenvalue weighted by Crippen LogP contribution is 2.26. The van der Waals surface area contributed by atoms with Crippen LogP contribution in [-0.4, -0.2) is 41.4 Å². The van der Waals surface area contributed by atoms with Crippen molar-refractivity contribution in [2.45, 2.75) is 52.2 Å². The Hall–Kier alpha value is -5.54. The van der Waals surface area contributed by atoms with Gasteiger partial charge in [-0.05, 0) is 65.4 Å². The van der Waals surface area contributed by atoms with Crippen LogP contribution in [0.15, 0.2) is 115 Å². The number of esters is 1. The second-order valence-electron chi connectivity index (χ2n) is 12.1. The summed E-state index contributed by atoms with van der Waals surface area (Å²) in [7, 11) is 1.31. The molecule has 0 unspecified atom stereocenters. The second-order valence-corrected chi connectivity index (χ2v) is 13.0. The van der Waals surface area contributed by atoms with Crippen LogP contribution in [0.25, 0.3) is 16.6 Å². The number of amides is 2. The Bertz CT molecular complexity index is 1890. The lowest BCUT2D eigenvalue weighted by atomic mass is 10.1. The predicted octanol–water partition coefficient (Wildman–Crippen LogP) is 8.27. The third-order valence-corrected chi connectivity index (χ3v) is 9.19. The van der Waals surface area contributed by atoms with E-state index in [9.17, 15) is 14.4 Å². The zero-order valence-electron chi connectivity index (χ0n) is 29.0. The van der Waals surface area contributed by atoms with Crippen LogP contribution >= 0.6 is 11.3 Å². The Morgan fingerprint density at radius 1 is 0.824 bits per heavy atom. The van der Waals surface area contributed by atoms with Crippen molar-refractivity contribution in [2.75, 3.05) is 13.7 Å². The van der Waals surface area contributed by atoms with Crippen LogP contribution in [-0.2, 0) is 40.4 Å². The third-order valence-electron chi connectivity index (χ3n) is 8.25. The molecule has 0 saturated heterocycles. The molecular weight excluding hydrogens is 659 g/mol. The van der Waals surface area contributed by atoms with Gasteiger partial charge in [0.1, 0.15) is 10.8 Å². The minimum Gasteiger partial charge on any atom is -0.482 e. The summed E-state index contributed by atoms with van der Waals surface area (Å²) in [5.41, 5.74) is 6.45. The molecule has 0 bridgehead atoms. The number of methoxy groups -OCH3 is 1. The lowest BCUT2D eigenvalue weighted by Gasteiger charge is -2.21. The smallest absolute Gasteiger partial charge is 0.343 e. The lowest BCUT2D eigenvalue weighted by molar-refractivity contribution is -0.142. The monoisotopic (exact) mass is 701 g/mol. The van der Waals surface area contributed by atoms with Gasteiger partial charge in [-0.1, -0.05) is 98.6 Å². The summed E-state index contributed by atoms with van der Waals surface area (Å²) in [4.78, 5) is 44.4. The molecule has 51 heavy (non-hydrogen) atoms. The Kier molecular flexibility index (Phi) is 13.7. The standard InChI is InChI=1S/C42H43N3O5S/c1-3-4-6-9-32-12-14-33(15-13-32)26-43-41(48)35-19-21-36(22-20-35)42-44-37(30-51-42)28-45(39(46)25-18-31-10-7-5-8-11-31)27-34-16-23-38(24-17-34)50-29-40(47)49-2/h5,7-8,10-25,30H,3-4,6,9,26-29H2,1-2H3,(H,43,48)/b25-18+. The van der Waals surface area contributed by atoms with E-state index in [2.05, 4.69) is 41.2 Å². The van der Waals surface area contributed by atoms with E-state index in [1.807, 2.05) is 72.1 Å². The highest BCUT2D eigenvalue weighted by Gasteiger charge is 2.16. The van der Waals surface area contributed by atoms with E-state index in [4.69, 9.17) is 9.72 Å². The third kappa shape index (κ3) is 11.5. The molecule has 8 nitrogen and oxygen atoms in total. The first-order valence-corrected chi connectivity index (χ1v) is 18.0. The molecule has 0 spiro atoms. The molecule has 0 radical (unpaired) electrons. The van der Waals surface area contributed by atoms with Gasteiger partial charge in [0.25, 0.3) is 5.91 Å². The number of nitrogens with zero attached hydrogens (tertiary/aromatic N) is 2. The maximum absolute atomic E-state index is 13.5. The van der Waals surface area contributed by atoms with Gasteiger partial charge in [-0.15, -0.1) is 11.3 Å². The Balaban J connectivity index is 1.21. The molecule has 0 fully saturated rings. The molecule has 4 aromatic carbocycles. The van der Waals surface area contributed by atoms with Gasteiger partial charge < -0.3 is 19.7 Å². The van der Waals surface area contributed by atoms with Gasteiger partial charge >= 0.3 is 5.97 Å². The number of aromatic nitrogens is 1. The molecule has 5 rings (SSSR count). The van der Waals surface area contributed by atoms with Gasteiger partial charge in [-0.2, -0.15) is 0 Å². The Morgan fingerprint density at radius 3 is 2.24 bits per heavy atom. The molecule has 0 saturated carbocycles. The minimum absolute atomic E-state index is 0.130. The lowest BCUT2D eigenvalue weighted by Crippen LogP contribution is -2.28. The fraction of sp³-hybridized carbons (Fsp3) is 0.238. The average Bonchev–Trinajstić information content (AvgIpc) is 3.65. The SMILES string of the molecule is CCCCCc1ccc(CNC(=O)c2ccc(-c3nc(CN(Cc4ccc(OCC(=O)OC)cc4)C(=O)/C=C/c4ccccc4)cs3)cc2)cc1. The minimum atomic E-state index is -0.463. The van der Waals surface area contributed by atoms with Gasteiger partial charge in [-0.3, -0.25) is 9.59 Å². The molecule has 9 heteroatoms. The van der Waals surface area contributed by atoms with Gasteiger partial charge in [0.05, 0.1) is 19.3 Å². The van der Waals surface area contributed by atoms with Crippen molar-refractivity contribution in [1.82, 2.24) is 15.2 Å². The number of hydrogen-bond acceptors (Lipinski definition) is 7. The fourth-order valence-electron chi connectivity index (χ4n) is 5.32. The number of rotatable bonds is 17. The molecule has 2 amide bonds. The van der Waals surface area contributed by atoms with Crippen molar-refractivity contribution in [3.63, 3.8) is 0 Å². The molecule has 0 aliphatic heterocycles. The fourth-order valence-corrected chi connectivity index (χ4v) is 6.14. The first-order chi connectivity index (χ1) is 24.9. The zero-order valence-corrected chi connectivity index (χ0v) is 29.9. The summed E-state index contributed by atoms with van der Waals surface area (Å²) in [5.74, 6) is -0.219. The van der Waals surface area contributed by atoms with Crippen molar-refractivity contribution in [3.05, 3.63) is 148 Å². The number of ether oxygens (including phenoxy) is 2. The van der Waals surface area contributed by atoms with E-state index < -0.39 is 5.97 Å². The topological polar surface area (TPSA) is 97.8 Å². The maximum atomic E-state index is 13.5. The van der Waals surface area contributed by atoms with E-state index in [0.29, 0.717) is 30.9 Å². The van der Waals surface area contributed by atoms with Crippen LogP contribution in [0.1, 0.15) is 64.5 Å². The van der Waals surface area contributed by atoms with Crippen molar-refractivity contribution in [3.8, 4) is 16.3 Å². The molecule has 1 heterocycles. The number of carbonyl (C=O) groups is 3. The van der Waals surface area contributed by atoms with Crippen LogP contribution in [0.2, 0.25) is 0 Å². The van der Waals surface area contributed by atoms with Crippen LogP contribution in [0, 0.1) is 0 Å². The van der Waals surface area contributed by atoms with Gasteiger partial charge in [0, 0.05) is 35.7 Å². The quantitative estimate of drug-likeness (QED) is 0.0596. The number of nitrogens with one attached hydrogen (secondary N) is 1. The van der Waals surface area contributed by atoms with E-state index >= 15 is 0 Å². The molecule has 0 aliphatic rings. The number of benzene rings is 4. The van der Waals surface area contributed by atoms with Crippen LogP contribution < -0.4 is 10.1 Å². The Morgan fingerprint density at radius 2 is 1.53 bits per heavy atom. The number of aryl methyl sites for hydroxylation is 1. The van der Waals surface area contributed by atoms with Crippen molar-refractivity contribution >= 4 is 35.2 Å². The highest BCUT2D eigenvalue weighted by molar-refractivity contribution is 7.13. The summed E-state index contributed by atoms with van der Waals surface area (Å²) in [6.45, 7) is 3.14. The molecular formula is C42H43N3O5S. The van der Waals surface area contributed by atoms with E-state index in [1.54, 1.807) is 29.2 Å². The summed E-state index contributed by atoms with van der Waals surface area (Å²) in [5, 5.41) is 5.77. The van der Waals surface area contributed by atoms with Gasteiger partial charge in [0.15, 0.2) is 6.61 Å². The van der Waals surface area contributed by atoms with Crippen LogP contribution in [0.4, 0.5) is 0 Å². The molecule has 0 atom stereocenters. The summed E-state index contributed by atoms with van der Waals surface area (Å²) >= 11 is 1.49. The summed E-state index contributed by atoms with van der Waals surface area (Å²) in [6.07, 6.45) is 8.11. The average molecular weight is 702 g/mol. The highest BCUT2D eigenvalue weighted by atomic mass is 32.1. The molecule has 5 aromatic rings. The maximum Gasteiger partial charge on any atom is 0.343 e. The normalized spacial score (nSPS) is 10.9. The number of hydrogen-bond donors (Lipinski definition) is 1. The predicted molar refractivity (Wildman–Crippen MR) is 202 cm³/mol. The number of thiazole rings is 1. The van der Waals surface area contributed by atoms with E-state index in [-0.39, 0.29) is 18.4 Å². The number of unbranched alkanes of at least 4 members (excludes halogenated alkanes) is 2. The summed E-state index contributed by atoms with van der Waals surface area (Å²) < 4.78 is 10.1. The molecule has 262 valence electrons. The molecule has 1 aromatic heterocycles. The first-order valence-electron chi connectivity index (χ1n) is 17.1. The van der Waals surface area contributed by atoms with Crippen LogP contribution in [0.5, 0.6) is 5.75 Å². The van der Waals surface area contributed by atoms with Gasteiger partial charge in [0.2, 0.25) is 5.91 Å². The van der Waals surface area contributed by atoms with Crippen molar-refractivity contribution < 1.29 is 23.9 Å². The van der Waals surface area contributed by atoms with Crippen molar-refractivity contribution in [1.29, 1.82) is 0 Å². The van der Waals surface area contributed by atoms with Crippen LogP contribution in [0.3, 0.4) is 0 Å². The Labute approximate surface area is 303 Å². The van der Waals surface area contributed by atoms with E-state index in [1.165, 1.54) is 43.3 Å². The first kappa shape index (κ1) is 36.7. The molecule has 0 aliphatic carbocycles. The molecule has 1 N–H and O–H groups in total. The largest absolute Gasteiger partial charge is 0.482 e. The summed E-state index contributed by atoms with van der Waals surface area (Å²) in [6, 6.07) is 32.8. The zero-order chi connectivity index (χ0) is 35.8. The van der Waals surface area contributed by atoms with E-state index in [0.717, 1.165) is 39.4 Å². The van der Waals surface area contributed by atoms with Crippen molar-refractivity contribution in [2.24, 2.45) is 0 Å². The van der Waals surface area contributed by atoms with Gasteiger partial charge in [-0.25, -0.2) is 9.78 Å².